The van der Waals surface area contributed by atoms with Crippen LogP contribution in [0.3, 0.4) is 0 Å². The number of aryl methyl sites for hydroxylation is 2. The molecule has 0 bridgehead atoms. The van der Waals surface area contributed by atoms with E-state index in [9.17, 15) is 14.0 Å². The van der Waals surface area contributed by atoms with Crippen molar-refractivity contribution >= 4 is 34.3 Å². The van der Waals surface area contributed by atoms with Crippen LogP contribution in [0.4, 0.5) is 10.1 Å². The number of hydrogen-bond donors (Lipinski definition) is 1. The van der Waals surface area contributed by atoms with E-state index < -0.39 is 5.82 Å². The summed E-state index contributed by atoms with van der Waals surface area (Å²) in [6, 6.07) is 19.1. The number of fused-ring (bicyclic) bond motifs is 1. The first-order valence-corrected chi connectivity index (χ1v) is 10.7. The maximum absolute atomic E-state index is 14.2. The molecule has 31 heavy (non-hydrogen) atoms. The van der Waals surface area contributed by atoms with E-state index in [-0.39, 0.29) is 17.2 Å². The van der Waals surface area contributed by atoms with E-state index in [2.05, 4.69) is 10.3 Å². The van der Waals surface area contributed by atoms with Crippen LogP contribution in [0.5, 0.6) is 0 Å². The molecule has 0 aliphatic carbocycles. The number of hydrogen-bond acceptors (Lipinski definition) is 4. The lowest BCUT2D eigenvalue weighted by molar-refractivity contribution is -0.113. The summed E-state index contributed by atoms with van der Waals surface area (Å²) < 4.78 is 15.6. The highest BCUT2D eigenvalue weighted by Crippen LogP contribution is 2.23. The number of carbonyl (C=O) groups is 1. The molecule has 0 atom stereocenters. The van der Waals surface area contributed by atoms with Gasteiger partial charge in [-0.2, -0.15) is 0 Å². The van der Waals surface area contributed by atoms with E-state index >= 15 is 0 Å². The zero-order valence-corrected chi connectivity index (χ0v) is 17.9. The Kier molecular flexibility index (Phi) is 5.86. The highest BCUT2D eigenvalue weighted by molar-refractivity contribution is 7.99. The minimum absolute atomic E-state index is 0.0486. The smallest absolute Gasteiger partial charge is 0.266 e. The molecule has 0 fully saturated rings. The van der Waals surface area contributed by atoms with Crippen molar-refractivity contribution in [1.29, 1.82) is 0 Å². The fourth-order valence-electron chi connectivity index (χ4n) is 3.12. The summed E-state index contributed by atoms with van der Waals surface area (Å²) >= 11 is 1.13. The zero-order valence-electron chi connectivity index (χ0n) is 17.1. The van der Waals surface area contributed by atoms with Crippen molar-refractivity contribution in [1.82, 2.24) is 9.55 Å². The van der Waals surface area contributed by atoms with Gasteiger partial charge in [0.15, 0.2) is 5.16 Å². The van der Waals surface area contributed by atoms with Gasteiger partial charge in [0.1, 0.15) is 5.82 Å². The molecule has 0 unspecified atom stereocenters. The lowest BCUT2D eigenvalue weighted by Crippen LogP contribution is -2.23. The Morgan fingerprint density at radius 2 is 1.81 bits per heavy atom. The van der Waals surface area contributed by atoms with Crippen LogP contribution in [0.15, 0.2) is 76.7 Å². The van der Waals surface area contributed by atoms with Crippen molar-refractivity contribution in [3.05, 3.63) is 94.0 Å². The molecule has 4 rings (SSSR count). The zero-order chi connectivity index (χ0) is 22.0. The van der Waals surface area contributed by atoms with Crippen molar-refractivity contribution in [2.45, 2.75) is 19.0 Å². The van der Waals surface area contributed by atoms with Crippen LogP contribution >= 0.6 is 11.8 Å². The third-order valence-corrected chi connectivity index (χ3v) is 5.76. The number of aromatic nitrogens is 2. The van der Waals surface area contributed by atoms with Crippen LogP contribution in [-0.4, -0.2) is 21.2 Å². The van der Waals surface area contributed by atoms with Crippen molar-refractivity contribution in [3.8, 4) is 5.69 Å². The normalized spacial score (nSPS) is 10.9. The van der Waals surface area contributed by atoms with Gasteiger partial charge in [-0.15, -0.1) is 0 Å². The first-order valence-electron chi connectivity index (χ1n) is 9.70. The molecule has 0 radical (unpaired) electrons. The Labute approximate surface area is 182 Å². The third kappa shape index (κ3) is 4.51. The summed E-state index contributed by atoms with van der Waals surface area (Å²) in [7, 11) is 0. The maximum atomic E-state index is 14.2. The van der Waals surface area contributed by atoms with E-state index in [1.54, 1.807) is 43.3 Å². The maximum Gasteiger partial charge on any atom is 0.266 e. The molecule has 1 amide bonds. The number of halogens is 1. The predicted octanol–water partition coefficient (Wildman–Crippen LogP) is 4.87. The van der Waals surface area contributed by atoms with E-state index in [1.807, 2.05) is 31.2 Å². The monoisotopic (exact) mass is 433 g/mol. The molecule has 156 valence electrons. The SMILES string of the molecule is Cc1ccc(NC(=O)CSc2nc3ccccc3c(=O)n2-c2ccc(C)c(F)c2)cc1. The number of carbonyl (C=O) groups excluding carboxylic acids is 1. The molecule has 0 saturated heterocycles. The molecule has 0 saturated carbocycles. The topological polar surface area (TPSA) is 64.0 Å². The van der Waals surface area contributed by atoms with Crippen LogP contribution in [0, 0.1) is 19.7 Å². The molecule has 4 aromatic rings. The number of anilines is 1. The first-order chi connectivity index (χ1) is 14.9. The molecule has 3 aromatic carbocycles. The summed E-state index contributed by atoms with van der Waals surface area (Å²) in [5.41, 5.74) is 2.86. The summed E-state index contributed by atoms with van der Waals surface area (Å²) in [4.78, 5) is 30.2. The third-order valence-electron chi connectivity index (χ3n) is 4.83. The molecule has 0 spiro atoms. The summed E-state index contributed by atoms with van der Waals surface area (Å²) in [6.07, 6.45) is 0. The van der Waals surface area contributed by atoms with Gasteiger partial charge in [0.25, 0.3) is 5.56 Å². The number of nitrogens with one attached hydrogen (secondary N) is 1. The van der Waals surface area contributed by atoms with Crippen molar-refractivity contribution in [2.75, 3.05) is 11.1 Å². The largest absolute Gasteiger partial charge is 0.325 e. The number of amides is 1. The van der Waals surface area contributed by atoms with Gasteiger partial charge >= 0.3 is 0 Å². The Hall–Kier alpha value is -3.45. The van der Waals surface area contributed by atoms with Gasteiger partial charge in [0.05, 0.1) is 22.3 Å². The van der Waals surface area contributed by atoms with Gasteiger partial charge < -0.3 is 5.32 Å². The van der Waals surface area contributed by atoms with Crippen LogP contribution in [0.1, 0.15) is 11.1 Å². The molecule has 1 aromatic heterocycles. The lowest BCUT2D eigenvalue weighted by atomic mass is 10.2. The average molecular weight is 434 g/mol. The Morgan fingerprint density at radius 1 is 1.06 bits per heavy atom. The van der Waals surface area contributed by atoms with Crippen molar-refractivity contribution in [3.63, 3.8) is 0 Å². The fraction of sp³-hybridized carbons (Fsp3) is 0.125. The average Bonchev–Trinajstić information content (AvgIpc) is 2.76. The standard InChI is InChI=1S/C24H20FN3O2S/c1-15-7-10-17(11-8-15)26-22(29)14-31-24-27-21-6-4-3-5-19(21)23(30)28(24)18-12-9-16(2)20(25)13-18/h3-13H,14H2,1-2H3,(H,26,29). The van der Waals surface area contributed by atoms with E-state index in [1.165, 1.54) is 10.6 Å². The first kappa shape index (κ1) is 20.8. The van der Waals surface area contributed by atoms with Crippen molar-refractivity contribution < 1.29 is 9.18 Å². The predicted molar refractivity (Wildman–Crippen MR) is 123 cm³/mol. The molecule has 7 heteroatoms. The number of nitrogens with zero attached hydrogens (tertiary/aromatic N) is 2. The number of para-hydroxylation sites is 1. The van der Waals surface area contributed by atoms with Gasteiger partial charge in [-0.25, -0.2) is 9.37 Å². The molecule has 0 aliphatic rings. The number of benzene rings is 3. The van der Waals surface area contributed by atoms with Gasteiger partial charge in [-0.3, -0.25) is 14.2 Å². The fourth-order valence-corrected chi connectivity index (χ4v) is 3.93. The van der Waals surface area contributed by atoms with Crippen molar-refractivity contribution in [2.24, 2.45) is 0 Å². The van der Waals surface area contributed by atoms with Crippen LogP contribution in [-0.2, 0) is 4.79 Å². The number of thioether (sulfide) groups is 1. The highest BCUT2D eigenvalue weighted by atomic mass is 32.2. The highest BCUT2D eigenvalue weighted by Gasteiger charge is 2.16. The summed E-state index contributed by atoms with van der Waals surface area (Å²) in [6.45, 7) is 3.63. The quantitative estimate of drug-likeness (QED) is 0.360. The molecule has 5 nitrogen and oxygen atoms in total. The second kappa shape index (κ2) is 8.73. The second-order valence-electron chi connectivity index (χ2n) is 7.19. The molecular weight excluding hydrogens is 413 g/mol. The molecule has 1 N–H and O–H groups in total. The van der Waals surface area contributed by atoms with Crippen LogP contribution in [0.2, 0.25) is 0 Å². The van der Waals surface area contributed by atoms with Gasteiger partial charge in [0.2, 0.25) is 5.91 Å². The molecule has 1 heterocycles. The van der Waals surface area contributed by atoms with Gasteiger partial charge in [-0.05, 0) is 55.8 Å². The minimum Gasteiger partial charge on any atom is -0.325 e. The van der Waals surface area contributed by atoms with Gasteiger partial charge in [0, 0.05) is 5.69 Å². The molecule has 0 aliphatic heterocycles. The molecular formula is C24H20FN3O2S. The lowest BCUT2D eigenvalue weighted by Gasteiger charge is -2.14. The minimum atomic E-state index is -0.411. The van der Waals surface area contributed by atoms with E-state index in [0.717, 1.165) is 17.3 Å². The second-order valence-corrected chi connectivity index (χ2v) is 8.13. The summed E-state index contributed by atoms with van der Waals surface area (Å²) in [5.74, 6) is -0.587. The Morgan fingerprint density at radius 3 is 2.55 bits per heavy atom. The Balaban J connectivity index is 1.68. The van der Waals surface area contributed by atoms with Crippen LogP contribution in [0.25, 0.3) is 16.6 Å². The van der Waals surface area contributed by atoms with Crippen LogP contribution < -0.4 is 10.9 Å². The van der Waals surface area contributed by atoms with Gasteiger partial charge in [-0.1, -0.05) is 47.7 Å². The van der Waals surface area contributed by atoms with E-state index in [4.69, 9.17) is 0 Å². The Bertz CT molecular complexity index is 1330. The van der Waals surface area contributed by atoms with E-state index in [0.29, 0.717) is 33.0 Å². The summed E-state index contributed by atoms with van der Waals surface area (Å²) in [5, 5.41) is 3.58. The number of rotatable bonds is 5.